The normalized spacial score (nSPS) is 17.1. The van der Waals surface area contributed by atoms with E-state index in [1.54, 1.807) is 30.3 Å². The summed E-state index contributed by atoms with van der Waals surface area (Å²) in [5, 5.41) is 3.02. The van der Waals surface area contributed by atoms with Gasteiger partial charge in [0.25, 0.3) is 5.91 Å². The molecule has 2 aromatic carbocycles. The summed E-state index contributed by atoms with van der Waals surface area (Å²) in [6.07, 6.45) is 0.902. The molecule has 0 unspecified atom stereocenters. The van der Waals surface area contributed by atoms with E-state index >= 15 is 0 Å². The standard InChI is InChI=1S/C22H21FN2O2/c23-19-9-5-4-8-18(19)20-10-11-21(27-20)22(26)24-17-12-13-25(15-17)14-16-6-2-1-3-7-16/h1-11,17H,12-15H2,(H,24,26)/t17-/m1/s1. The molecule has 5 heteroatoms. The van der Waals surface area contributed by atoms with Crippen LogP contribution in [0, 0.1) is 5.82 Å². The Labute approximate surface area is 157 Å². The van der Waals surface area contributed by atoms with Gasteiger partial charge in [-0.25, -0.2) is 4.39 Å². The molecule has 1 amide bonds. The van der Waals surface area contributed by atoms with Crippen molar-refractivity contribution in [2.45, 2.75) is 19.0 Å². The summed E-state index contributed by atoms with van der Waals surface area (Å²) in [4.78, 5) is 14.8. The van der Waals surface area contributed by atoms with Crippen molar-refractivity contribution in [1.29, 1.82) is 0 Å². The van der Waals surface area contributed by atoms with Gasteiger partial charge in [-0.05, 0) is 36.2 Å². The van der Waals surface area contributed by atoms with Gasteiger partial charge < -0.3 is 9.73 Å². The van der Waals surface area contributed by atoms with Gasteiger partial charge in [-0.3, -0.25) is 9.69 Å². The van der Waals surface area contributed by atoms with Crippen molar-refractivity contribution in [3.05, 3.63) is 83.9 Å². The summed E-state index contributed by atoms with van der Waals surface area (Å²) in [6, 6.07) is 20.0. The second-order valence-electron chi connectivity index (χ2n) is 6.82. The molecule has 0 spiro atoms. The van der Waals surface area contributed by atoms with Gasteiger partial charge in [0, 0.05) is 25.7 Å². The number of hydrogen-bond acceptors (Lipinski definition) is 3. The summed E-state index contributed by atoms with van der Waals surface area (Å²) >= 11 is 0. The van der Waals surface area contributed by atoms with E-state index in [0.717, 1.165) is 26.1 Å². The maximum Gasteiger partial charge on any atom is 0.287 e. The highest BCUT2D eigenvalue weighted by molar-refractivity contribution is 5.92. The van der Waals surface area contributed by atoms with Crippen LogP contribution in [-0.4, -0.2) is 29.9 Å². The lowest BCUT2D eigenvalue weighted by Crippen LogP contribution is -2.36. The molecule has 1 atom stereocenters. The van der Waals surface area contributed by atoms with Crippen molar-refractivity contribution in [1.82, 2.24) is 10.2 Å². The molecule has 4 nitrogen and oxygen atoms in total. The fourth-order valence-corrected chi connectivity index (χ4v) is 3.46. The number of hydrogen-bond donors (Lipinski definition) is 1. The first-order valence-electron chi connectivity index (χ1n) is 9.11. The molecule has 0 saturated carbocycles. The number of nitrogens with one attached hydrogen (secondary N) is 1. The Bertz CT molecular complexity index is 923. The van der Waals surface area contributed by atoms with Crippen molar-refractivity contribution in [3.8, 4) is 11.3 Å². The molecule has 1 aliphatic rings. The summed E-state index contributed by atoms with van der Waals surface area (Å²) < 4.78 is 19.4. The Kier molecular flexibility index (Phi) is 5.03. The van der Waals surface area contributed by atoms with E-state index in [1.165, 1.54) is 11.6 Å². The average molecular weight is 364 g/mol. The van der Waals surface area contributed by atoms with E-state index < -0.39 is 0 Å². The number of carbonyl (C=O) groups excluding carboxylic acids is 1. The molecule has 1 fully saturated rings. The van der Waals surface area contributed by atoms with Crippen molar-refractivity contribution in [3.63, 3.8) is 0 Å². The van der Waals surface area contributed by atoms with Gasteiger partial charge >= 0.3 is 0 Å². The third kappa shape index (κ3) is 4.09. The number of rotatable bonds is 5. The van der Waals surface area contributed by atoms with E-state index in [-0.39, 0.29) is 23.5 Å². The minimum absolute atomic E-state index is 0.0863. The van der Waals surface area contributed by atoms with Crippen molar-refractivity contribution < 1.29 is 13.6 Å². The van der Waals surface area contributed by atoms with Crippen LogP contribution in [0.3, 0.4) is 0 Å². The summed E-state index contributed by atoms with van der Waals surface area (Å²) in [5.41, 5.74) is 1.62. The largest absolute Gasteiger partial charge is 0.451 e. The second-order valence-corrected chi connectivity index (χ2v) is 6.82. The quantitative estimate of drug-likeness (QED) is 0.742. The fraction of sp³-hybridized carbons (Fsp3) is 0.227. The van der Waals surface area contributed by atoms with Crippen LogP contribution in [0.5, 0.6) is 0 Å². The Morgan fingerprint density at radius 3 is 2.67 bits per heavy atom. The molecule has 1 N–H and O–H groups in total. The minimum Gasteiger partial charge on any atom is -0.451 e. The van der Waals surface area contributed by atoms with Crippen LogP contribution >= 0.6 is 0 Å². The summed E-state index contributed by atoms with van der Waals surface area (Å²) in [6.45, 7) is 2.63. The number of halogens is 1. The van der Waals surface area contributed by atoms with Crippen molar-refractivity contribution in [2.75, 3.05) is 13.1 Å². The van der Waals surface area contributed by atoms with Crippen LogP contribution < -0.4 is 5.32 Å². The predicted molar refractivity (Wildman–Crippen MR) is 102 cm³/mol. The topological polar surface area (TPSA) is 45.5 Å². The Morgan fingerprint density at radius 2 is 1.85 bits per heavy atom. The number of carbonyl (C=O) groups is 1. The summed E-state index contributed by atoms with van der Waals surface area (Å²) in [7, 11) is 0. The molecule has 27 heavy (non-hydrogen) atoms. The van der Waals surface area contributed by atoms with Crippen molar-refractivity contribution >= 4 is 5.91 Å². The molecule has 0 radical (unpaired) electrons. The number of likely N-dealkylation sites (tertiary alicyclic amines) is 1. The zero-order valence-corrected chi connectivity index (χ0v) is 14.9. The molecule has 138 valence electrons. The molecular formula is C22H21FN2O2. The highest BCUT2D eigenvalue weighted by atomic mass is 19.1. The monoisotopic (exact) mass is 364 g/mol. The number of nitrogens with zero attached hydrogens (tertiary/aromatic N) is 1. The fourth-order valence-electron chi connectivity index (χ4n) is 3.46. The van der Waals surface area contributed by atoms with Gasteiger partial charge in [-0.2, -0.15) is 0 Å². The zero-order chi connectivity index (χ0) is 18.6. The molecule has 1 aromatic heterocycles. The first kappa shape index (κ1) is 17.5. The third-order valence-corrected chi connectivity index (χ3v) is 4.83. The first-order valence-corrected chi connectivity index (χ1v) is 9.11. The van der Waals surface area contributed by atoms with Gasteiger partial charge in [-0.15, -0.1) is 0 Å². The number of furan rings is 1. The van der Waals surface area contributed by atoms with Crippen LogP contribution in [0.2, 0.25) is 0 Å². The Morgan fingerprint density at radius 1 is 1.07 bits per heavy atom. The zero-order valence-electron chi connectivity index (χ0n) is 14.9. The SMILES string of the molecule is O=C(N[C@@H]1CCN(Cc2ccccc2)C1)c1ccc(-c2ccccc2F)o1. The van der Waals surface area contributed by atoms with Crippen molar-refractivity contribution in [2.24, 2.45) is 0 Å². The lowest BCUT2D eigenvalue weighted by atomic mass is 10.1. The van der Waals surface area contributed by atoms with Gasteiger partial charge in [0.05, 0.1) is 5.56 Å². The van der Waals surface area contributed by atoms with Crippen LogP contribution in [-0.2, 0) is 6.54 Å². The van der Waals surface area contributed by atoms with E-state index in [4.69, 9.17) is 4.42 Å². The van der Waals surface area contributed by atoms with E-state index in [9.17, 15) is 9.18 Å². The average Bonchev–Trinajstić information content (AvgIpc) is 3.33. The molecule has 1 saturated heterocycles. The van der Waals surface area contributed by atoms with Crippen LogP contribution in [0.4, 0.5) is 4.39 Å². The first-order chi connectivity index (χ1) is 13.2. The predicted octanol–water partition coefficient (Wildman–Crippen LogP) is 4.09. The van der Waals surface area contributed by atoms with E-state index in [1.807, 2.05) is 18.2 Å². The molecule has 3 aromatic rings. The van der Waals surface area contributed by atoms with Crippen LogP contribution in [0.15, 0.2) is 71.1 Å². The molecule has 4 rings (SSSR count). The highest BCUT2D eigenvalue weighted by Crippen LogP contribution is 2.25. The number of amides is 1. The van der Waals surface area contributed by atoms with E-state index in [2.05, 4.69) is 22.3 Å². The maximum atomic E-state index is 13.9. The second kappa shape index (κ2) is 7.76. The summed E-state index contributed by atoms with van der Waals surface area (Å²) in [5.74, 6) is -0.0690. The third-order valence-electron chi connectivity index (χ3n) is 4.83. The lowest BCUT2D eigenvalue weighted by Gasteiger charge is -2.16. The van der Waals surface area contributed by atoms with Gasteiger partial charge in [0.2, 0.25) is 0 Å². The number of benzene rings is 2. The molecule has 0 bridgehead atoms. The van der Waals surface area contributed by atoms with Crippen LogP contribution in [0.25, 0.3) is 11.3 Å². The Hall–Kier alpha value is -2.92. The molecule has 2 heterocycles. The molecule has 0 aliphatic carbocycles. The lowest BCUT2D eigenvalue weighted by molar-refractivity contribution is 0.0910. The van der Waals surface area contributed by atoms with Gasteiger partial charge in [-0.1, -0.05) is 42.5 Å². The van der Waals surface area contributed by atoms with Gasteiger partial charge in [0.15, 0.2) is 5.76 Å². The van der Waals surface area contributed by atoms with Gasteiger partial charge in [0.1, 0.15) is 11.6 Å². The highest BCUT2D eigenvalue weighted by Gasteiger charge is 2.25. The van der Waals surface area contributed by atoms with E-state index in [0.29, 0.717) is 11.3 Å². The molecule has 1 aliphatic heterocycles. The van der Waals surface area contributed by atoms with Crippen LogP contribution in [0.1, 0.15) is 22.5 Å². The Balaban J connectivity index is 1.35. The smallest absolute Gasteiger partial charge is 0.287 e. The minimum atomic E-state index is -0.369. The molecular weight excluding hydrogens is 343 g/mol. The maximum absolute atomic E-state index is 13.9.